The van der Waals surface area contributed by atoms with Gasteiger partial charge in [-0.3, -0.25) is 9.36 Å². The largest absolute Gasteiger partial charge is 0.348 e. The van der Waals surface area contributed by atoms with E-state index >= 15 is 0 Å². The predicted molar refractivity (Wildman–Crippen MR) is 80.7 cm³/mol. The van der Waals surface area contributed by atoms with Crippen LogP contribution in [0.15, 0.2) is 15.4 Å². The summed E-state index contributed by atoms with van der Waals surface area (Å²) < 4.78 is 6.53. The van der Waals surface area contributed by atoms with Crippen LogP contribution in [-0.4, -0.2) is 37.5 Å². The number of nitrogens with zero attached hydrogens (tertiary/aromatic N) is 5. The molecule has 2 heterocycles. The standard InChI is InChI=1S/C15H19N5O3/c1-9-6-10(2)20(15(22)16-9)8-13(21)19(3)7-12-17-14(23-18-12)11-4-5-11/h6,11H,4-5,7-8H2,1-3H3. The van der Waals surface area contributed by atoms with Crippen LogP contribution in [0.2, 0.25) is 0 Å². The number of carbonyl (C=O) groups is 1. The van der Waals surface area contributed by atoms with E-state index in [0.717, 1.165) is 12.8 Å². The molecule has 2 aromatic rings. The molecule has 0 aliphatic heterocycles. The molecule has 8 nitrogen and oxygen atoms in total. The summed E-state index contributed by atoms with van der Waals surface area (Å²) in [5.41, 5.74) is 0.934. The molecule has 1 saturated carbocycles. The molecule has 0 aromatic carbocycles. The van der Waals surface area contributed by atoms with Gasteiger partial charge < -0.3 is 9.42 Å². The molecule has 2 aromatic heterocycles. The zero-order valence-electron chi connectivity index (χ0n) is 13.4. The van der Waals surface area contributed by atoms with E-state index < -0.39 is 5.69 Å². The first-order valence-corrected chi connectivity index (χ1v) is 7.55. The van der Waals surface area contributed by atoms with E-state index in [4.69, 9.17) is 4.52 Å². The highest BCUT2D eigenvalue weighted by Crippen LogP contribution is 2.38. The van der Waals surface area contributed by atoms with Crippen molar-refractivity contribution < 1.29 is 9.32 Å². The molecule has 0 unspecified atom stereocenters. The average Bonchev–Trinajstić information content (AvgIpc) is 3.23. The highest BCUT2D eigenvalue weighted by atomic mass is 16.5. The molecule has 1 amide bonds. The lowest BCUT2D eigenvalue weighted by Gasteiger charge is -2.16. The molecule has 1 aliphatic carbocycles. The summed E-state index contributed by atoms with van der Waals surface area (Å²) in [6, 6.07) is 1.77. The van der Waals surface area contributed by atoms with Crippen LogP contribution in [0.5, 0.6) is 0 Å². The Labute approximate surface area is 133 Å². The predicted octanol–water partition coefficient (Wildman–Crippen LogP) is 0.779. The smallest absolute Gasteiger partial charge is 0.339 e. The quantitative estimate of drug-likeness (QED) is 0.809. The minimum Gasteiger partial charge on any atom is -0.339 e. The van der Waals surface area contributed by atoms with Crippen LogP contribution in [0.3, 0.4) is 0 Å². The van der Waals surface area contributed by atoms with Crippen molar-refractivity contribution in [3.63, 3.8) is 0 Å². The molecule has 0 N–H and O–H groups in total. The van der Waals surface area contributed by atoms with Gasteiger partial charge >= 0.3 is 5.69 Å². The summed E-state index contributed by atoms with van der Waals surface area (Å²) in [5, 5.41) is 3.89. The van der Waals surface area contributed by atoms with Gasteiger partial charge in [-0.05, 0) is 32.8 Å². The first-order valence-electron chi connectivity index (χ1n) is 7.55. The van der Waals surface area contributed by atoms with Crippen LogP contribution in [-0.2, 0) is 17.9 Å². The van der Waals surface area contributed by atoms with Crippen molar-refractivity contribution >= 4 is 5.91 Å². The van der Waals surface area contributed by atoms with Crippen molar-refractivity contribution in [1.29, 1.82) is 0 Å². The van der Waals surface area contributed by atoms with Gasteiger partial charge in [0.1, 0.15) is 6.54 Å². The van der Waals surface area contributed by atoms with Crippen molar-refractivity contribution in [1.82, 2.24) is 24.6 Å². The summed E-state index contributed by atoms with van der Waals surface area (Å²) in [7, 11) is 1.65. The summed E-state index contributed by atoms with van der Waals surface area (Å²) in [6.07, 6.45) is 2.16. The lowest BCUT2D eigenvalue weighted by atomic mass is 10.3. The van der Waals surface area contributed by atoms with E-state index in [0.29, 0.717) is 29.0 Å². The van der Waals surface area contributed by atoms with Gasteiger partial charge in [-0.15, -0.1) is 0 Å². The van der Waals surface area contributed by atoms with Crippen molar-refractivity contribution in [2.75, 3.05) is 7.05 Å². The average molecular weight is 317 g/mol. The Kier molecular flexibility index (Phi) is 3.97. The van der Waals surface area contributed by atoms with Crippen molar-refractivity contribution in [3.8, 4) is 0 Å². The van der Waals surface area contributed by atoms with Crippen LogP contribution < -0.4 is 5.69 Å². The number of amides is 1. The Morgan fingerprint density at radius 2 is 2.13 bits per heavy atom. The molecular weight excluding hydrogens is 298 g/mol. The number of hydrogen-bond acceptors (Lipinski definition) is 6. The van der Waals surface area contributed by atoms with Gasteiger partial charge in [-0.1, -0.05) is 5.16 Å². The van der Waals surface area contributed by atoms with E-state index in [9.17, 15) is 9.59 Å². The van der Waals surface area contributed by atoms with Crippen LogP contribution in [0.4, 0.5) is 0 Å². The lowest BCUT2D eigenvalue weighted by Crippen LogP contribution is -2.35. The number of aromatic nitrogens is 4. The van der Waals surface area contributed by atoms with Gasteiger partial charge in [0, 0.05) is 24.4 Å². The van der Waals surface area contributed by atoms with Crippen LogP contribution in [0.25, 0.3) is 0 Å². The number of hydrogen-bond donors (Lipinski definition) is 0. The van der Waals surface area contributed by atoms with Gasteiger partial charge in [-0.2, -0.15) is 9.97 Å². The molecule has 0 radical (unpaired) electrons. The Balaban J connectivity index is 1.66. The highest BCUT2D eigenvalue weighted by molar-refractivity contribution is 5.75. The summed E-state index contributed by atoms with van der Waals surface area (Å²) in [5.74, 6) is 1.31. The SMILES string of the molecule is Cc1cc(C)n(CC(=O)N(C)Cc2noc(C3CC3)n2)c(=O)n1. The number of carbonyl (C=O) groups excluding carboxylic acids is 1. The minimum absolute atomic E-state index is 0.0538. The highest BCUT2D eigenvalue weighted by Gasteiger charge is 2.29. The fourth-order valence-electron chi connectivity index (χ4n) is 2.35. The van der Waals surface area contributed by atoms with Gasteiger partial charge in [-0.25, -0.2) is 4.79 Å². The molecule has 1 aliphatic rings. The molecule has 0 spiro atoms. The van der Waals surface area contributed by atoms with E-state index in [1.165, 1.54) is 9.47 Å². The molecule has 0 atom stereocenters. The third-order valence-electron chi connectivity index (χ3n) is 3.85. The first-order chi connectivity index (χ1) is 10.9. The summed E-state index contributed by atoms with van der Waals surface area (Å²) in [4.78, 5) is 33.8. The fourth-order valence-corrected chi connectivity index (χ4v) is 2.35. The zero-order chi connectivity index (χ0) is 16.6. The molecule has 8 heteroatoms. The Bertz CT molecular complexity index is 791. The maximum atomic E-state index is 12.3. The minimum atomic E-state index is -0.417. The molecule has 3 rings (SSSR count). The van der Waals surface area contributed by atoms with E-state index in [1.807, 2.05) is 0 Å². The first kappa shape index (κ1) is 15.4. The number of likely N-dealkylation sites (N-methyl/N-ethyl adjacent to an activating group) is 1. The molecule has 1 fully saturated rings. The van der Waals surface area contributed by atoms with Gasteiger partial charge in [0.15, 0.2) is 5.82 Å². The fraction of sp³-hybridized carbons (Fsp3) is 0.533. The van der Waals surface area contributed by atoms with Gasteiger partial charge in [0.2, 0.25) is 11.8 Å². The molecule has 122 valence electrons. The second-order valence-electron chi connectivity index (χ2n) is 5.98. The topological polar surface area (TPSA) is 94.1 Å². The number of rotatable bonds is 5. The van der Waals surface area contributed by atoms with Crippen LogP contribution in [0, 0.1) is 13.8 Å². The van der Waals surface area contributed by atoms with Crippen molar-refractivity contribution in [3.05, 3.63) is 39.7 Å². The van der Waals surface area contributed by atoms with Crippen molar-refractivity contribution in [2.24, 2.45) is 0 Å². The van der Waals surface area contributed by atoms with E-state index in [1.54, 1.807) is 27.0 Å². The molecule has 0 saturated heterocycles. The Hall–Kier alpha value is -2.51. The van der Waals surface area contributed by atoms with Crippen molar-refractivity contribution in [2.45, 2.75) is 45.7 Å². The normalized spacial score (nSPS) is 14.0. The van der Waals surface area contributed by atoms with Gasteiger partial charge in [0.05, 0.1) is 6.54 Å². The zero-order valence-corrected chi connectivity index (χ0v) is 13.4. The monoisotopic (exact) mass is 317 g/mol. The summed E-state index contributed by atoms with van der Waals surface area (Å²) >= 11 is 0. The van der Waals surface area contributed by atoms with E-state index in [2.05, 4.69) is 15.1 Å². The Morgan fingerprint density at radius 1 is 1.39 bits per heavy atom. The summed E-state index contributed by atoms with van der Waals surface area (Å²) in [6.45, 7) is 3.73. The molecule has 23 heavy (non-hydrogen) atoms. The Morgan fingerprint density at radius 3 is 2.78 bits per heavy atom. The second-order valence-corrected chi connectivity index (χ2v) is 5.98. The van der Waals surface area contributed by atoms with E-state index in [-0.39, 0.29) is 19.0 Å². The molecular formula is C15H19N5O3. The third-order valence-corrected chi connectivity index (χ3v) is 3.85. The molecule has 0 bridgehead atoms. The lowest BCUT2D eigenvalue weighted by molar-refractivity contribution is -0.131. The van der Waals surface area contributed by atoms with Gasteiger partial charge in [0.25, 0.3) is 0 Å². The maximum absolute atomic E-state index is 12.3. The van der Waals surface area contributed by atoms with Crippen LogP contribution >= 0.6 is 0 Å². The maximum Gasteiger partial charge on any atom is 0.348 e. The van der Waals surface area contributed by atoms with Crippen LogP contribution in [0.1, 0.15) is 41.9 Å². The third kappa shape index (κ3) is 3.46. The number of aryl methyl sites for hydroxylation is 2. The second kappa shape index (κ2) is 5.94.